The lowest BCUT2D eigenvalue weighted by Gasteiger charge is -2.01. The molecule has 0 bridgehead atoms. The second-order valence-corrected chi connectivity index (χ2v) is 1.96. The third-order valence-corrected chi connectivity index (χ3v) is 0.851. The Labute approximate surface area is 43.0 Å². The molecule has 0 rings (SSSR count). The molecule has 2 heteroatoms. The molecule has 0 amide bonds. The van der Waals surface area contributed by atoms with Crippen molar-refractivity contribution in [3.8, 4) is 0 Å². The summed E-state index contributed by atoms with van der Waals surface area (Å²) in [5.41, 5.74) is -1.02. The highest BCUT2D eigenvalue weighted by Gasteiger charge is 2.07. The van der Waals surface area contributed by atoms with E-state index in [-0.39, 0.29) is 0 Å². The lowest BCUT2D eigenvalue weighted by atomic mass is 10.2. The molecule has 0 atom stereocenters. The van der Waals surface area contributed by atoms with Crippen LogP contribution in [0.4, 0.5) is 0 Å². The zero-order valence-corrected chi connectivity index (χ0v) is 4.71. The van der Waals surface area contributed by atoms with Crippen molar-refractivity contribution in [2.45, 2.75) is 19.4 Å². The normalized spacial score (nSPS) is 11.2. The largest absolute Gasteiger partial charge is 0.225 e. The molecule has 0 aromatic rings. The Morgan fingerprint density at radius 2 is 1.83 bits per heavy atom. The van der Waals surface area contributed by atoms with Gasteiger partial charge >= 0.3 is 0 Å². The first-order valence-electron chi connectivity index (χ1n) is 1.73. The molecule has 1 nitrogen and oxygen atoms in total. The molecule has 0 aliphatic carbocycles. The zero-order valence-electron chi connectivity index (χ0n) is 3.89. The van der Waals surface area contributed by atoms with Crippen molar-refractivity contribution in [2.24, 2.45) is 0 Å². The highest BCUT2D eigenvalue weighted by molar-refractivity contribution is 7.79. The van der Waals surface area contributed by atoms with Crippen LogP contribution in [-0.4, -0.2) is 11.0 Å². The highest BCUT2D eigenvalue weighted by Crippen LogP contribution is 1.94. The number of rotatable bonds is 1. The van der Waals surface area contributed by atoms with Crippen molar-refractivity contribution in [3.05, 3.63) is 0 Å². The minimum absolute atomic E-state index is 1.02. The van der Waals surface area contributed by atoms with E-state index in [4.69, 9.17) is 0 Å². The highest BCUT2D eigenvalue weighted by atomic mass is 32.1. The molecule has 0 heterocycles. The molecule has 35 valence electrons. The van der Waals surface area contributed by atoms with Crippen LogP contribution in [0.3, 0.4) is 0 Å². The van der Waals surface area contributed by atoms with E-state index in [2.05, 4.69) is 12.2 Å². The second-order valence-electron chi connectivity index (χ2n) is 1.72. The third-order valence-electron chi connectivity index (χ3n) is 0.284. The Balaban J connectivity index is 3.45. The average molecular weight is 103 g/mol. The summed E-state index contributed by atoms with van der Waals surface area (Å²) in [5, 5.41) is 11.5. The summed E-state index contributed by atoms with van der Waals surface area (Å²) in [4.78, 5) is 0. The Hall–Kier alpha value is 0.0500. The fraction of sp³-hybridized carbons (Fsp3) is 0.750. The Morgan fingerprint density at radius 3 is 1.83 bits per heavy atom. The van der Waals surface area contributed by atoms with Crippen molar-refractivity contribution < 1.29 is 5.11 Å². The van der Waals surface area contributed by atoms with Crippen LogP contribution in [0.2, 0.25) is 0 Å². The van der Waals surface area contributed by atoms with E-state index in [1.54, 1.807) is 0 Å². The number of hydrogen-bond donors (Lipinski definition) is 0. The van der Waals surface area contributed by atoms with Crippen LogP contribution in [-0.2, 0) is 5.11 Å². The van der Waals surface area contributed by atoms with Gasteiger partial charge in [0.1, 0.15) is 5.60 Å². The standard InChI is InChI=1S/C4H7OS/c1-4(2,5)3-6/h3H,1-2H3. The van der Waals surface area contributed by atoms with Gasteiger partial charge in [-0.05, 0) is 13.8 Å². The van der Waals surface area contributed by atoms with E-state index in [0.29, 0.717) is 0 Å². The van der Waals surface area contributed by atoms with Gasteiger partial charge in [0.15, 0.2) is 0 Å². The summed E-state index contributed by atoms with van der Waals surface area (Å²) in [5.74, 6) is 0. The van der Waals surface area contributed by atoms with Crippen LogP contribution < -0.4 is 0 Å². The van der Waals surface area contributed by atoms with Crippen molar-refractivity contribution in [3.63, 3.8) is 0 Å². The van der Waals surface area contributed by atoms with Gasteiger partial charge in [-0.15, -0.1) is 0 Å². The third kappa shape index (κ3) is 4.05. The first-order valence-corrected chi connectivity index (χ1v) is 2.20. The van der Waals surface area contributed by atoms with E-state index in [1.807, 2.05) is 0 Å². The van der Waals surface area contributed by atoms with Gasteiger partial charge in [-0.25, -0.2) is 5.11 Å². The number of hydrogen-bond acceptors (Lipinski definition) is 1. The van der Waals surface area contributed by atoms with Crippen LogP contribution in [0.15, 0.2) is 0 Å². The SMILES string of the molecule is CC(C)([O])C=S. The molecule has 1 radical (unpaired) electrons. The maximum Gasteiger partial charge on any atom is 0.126 e. The molecule has 0 spiro atoms. The van der Waals surface area contributed by atoms with Crippen LogP contribution in [0.1, 0.15) is 13.8 Å². The van der Waals surface area contributed by atoms with Crippen LogP contribution in [0.5, 0.6) is 0 Å². The quantitative estimate of drug-likeness (QED) is 0.456. The van der Waals surface area contributed by atoms with Gasteiger partial charge in [-0.1, -0.05) is 12.2 Å². The van der Waals surface area contributed by atoms with Gasteiger partial charge in [-0.2, -0.15) is 0 Å². The molecular formula is C4H7OS. The minimum Gasteiger partial charge on any atom is -0.225 e. The topological polar surface area (TPSA) is 19.9 Å². The molecule has 0 saturated heterocycles. The van der Waals surface area contributed by atoms with Gasteiger partial charge in [0.05, 0.1) is 0 Å². The Morgan fingerprint density at radius 1 is 1.67 bits per heavy atom. The van der Waals surface area contributed by atoms with Crippen molar-refractivity contribution >= 4 is 17.6 Å². The van der Waals surface area contributed by atoms with Crippen molar-refractivity contribution in [2.75, 3.05) is 0 Å². The Kier molecular flexibility index (Phi) is 1.68. The van der Waals surface area contributed by atoms with E-state index < -0.39 is 5.60 Å². The fourth-order valence-corrected chi connectivity index (χ4v) is 0. The van der Waals surface area contributed by atoms with E-state index in [9.17, 15) is 5.11 Å². The van der Waals surface area contributed by atoms with Gasteiger partial charge in [0, 0.05) is 5.37 Å². The number of thiocarbonyl (C=S) groups is 1. The summed E-state index contributed by atoms with van der Waals surface area (Å²) < 4.78 is 0. The van der Waals surface area contributed by atoms with Crippen molar-refractivity contribution in [1.29, 1.82) is 0 Å². The van der Waals surface area contributed by atoms with E-state index in [1.165, 1.54) is 19.2 Å². The lowest BCUT2D eigenvalue weighted by molar-refractivity contribution is 0.0739. The van der Waals surface area contributed by atoms with Crippen LogP contribution in [0, 0.1) is 0 Å². The van der Waals surface area contributed by atoms with Gasteiger partial charge in [0.25, 0.3) is 0 Å². The first-order chi connectivity index (χ1) is 2.56. The van der Waals surface area contributed by atoms with Crippen LogP contribution in [0.25, 0.3) is 0 Å². The summed E-state index contributed by atoms with van der Waals surface area (Å²) in [6.45, 7) is 3.06. The monoisotopic (exact) mass is 103 g/mol. The van der Waals surface area contributed by atoms with Gasteiger partial charge < -0.3 is 0 Å². The van der Waals surface area contributed by atoms with Crippen LogP contribution >= 0.6 is 12.2 Å². The summed E-state index contributed by atoms with van der Waals surface area (Å²) >= 11 is 4.35. The van der Waals surface area contributed by atoms with Crippen molar-refractivity contribution in [1.82, 2.24) is 0 Å². The molecule has 0 saturated carbocycles. The van der Waals surface area contributed by atoms with Gasteiger partial charge in [0.2, 0.25) is 0 Å². The minimum atomic E-state index is -1.02. The summed E-state index contributed by atoms with van der Waals surface area (Å²) in [6.07, 6.45) is 0. The average Bonchev–Trinajstić information content (AvgIpc) is 1.35. The predicted molar refractivity (Wildman–Crippen MR) is 28.4 cm³/mol. The molecule has 6 heavy (non-hydrogen) atoms. The smallest absolute Gasteiger partial charge is 0.126 e. The summed E-state index contributed by atoms with van der Waals surface area (Å²) in [6, 6.07) is 0. The molecular weight excluding hydrogens is 96.1 g/mol. The van der Waals surface area contributed by atoms with E-state index >= 15 is 0 Å². The van der Waals surface area contributed by atoms with E-state index in [0.717, 1.165) is 0 Å². The molecule has 0 aliphatic rings. The lowest BCUT2D eigenvalue weighted by Crippen LogP contribution is -2.15. The maximum absolute atomic E-state index is 10.3. The molecule has 0 aromatic heterocycles. The van der Waals surface area contributed by atoms with Gasteiger partial charge in [-0.3, -0.25) is 0 Å². The fourth-order valence-electron chi connectivity index (χ4n) is 0. The second kappa shape index (κ2) is 1.67. The maximum atomic E-state index is 10.3. The molecule has 0 N–H and O–H groups in total. The molecule has 0 fully saturated rings. The molecule has 0 aliphatic heterocycles. The molecule has 0 unspecified atom stereocenters. The Bertz CT molecular complexity index is 53.1. The summed E-state index contributed by atoms with van der Waals surface area (Å²) in [7, 11) is 0. The predicted octanol–water partition coefficient (Wildman–Crippen LogP) is 1.20. The molecule has 0 aromatic carbocycles. The zero-order chi connectivity index (χ0) is 5.21. The first kappa shape index (κ1) is 6.05.